The molecule has 260 valence electrons. The number of carbonyl (C=O) groups is 3. The zero-order chi connectivity index (χ0) is 34.7. The first kappa shape index (κ1) is 38.0. The quantitative estimate of drug-likeness (QED) is 0.0825. The summed E-state index contributed by atoms with van der Waals surface area (Å²) in [5.74, 6) is -0.682. The monoisotopic (exact) mass is 653 g/mol. The Labute approximate surface area is 280 Å². The van der Waals surface area contributed by atoms with Crippen LogP contribution in [0, 0.1) is 23.7 Å². The lowest BCUT2D eigenvalue weighted by molar-refractivity contribution is -0.156. The summed E-state index contributed by atoms with van der Waals surface area (Å²) >= 11 is 0. The predicted octanol–water partition coefficient (Wildman–Crippen LogP) is 7.55. The van der Waals surface area contributed by atoms with Crippen molar-refractivity contribution < 1.29 is 38.4 Å². The zero-order valence-electron chi connectivity index (χ0n) is 29.3. The van der Waals surface area contributed by atoms with Crippen LogP contribution in [0.2, 0.25) is 0 Å². The smallest absolute Gasteiger partial charge is 0.411 e. The summed E-state index contributed by atoms with van der Waals surface area (Å²) in [6.45, 7) is 15.0. The SMILES string of the molecule is CCC(OC(=O)Nc1ccccc1)C(C)C1OC1CC(C)/C=C/C=C(\C)C1OC(=O)CC(C)CCC(C)(O)C(OC(C)=O)/C=C/C1C. The molecule has 0 radical (unpaired) electrons. The fraction of sp³-hybridized carbons (Fsp3) is 0.605. The molecule has 1 aromatic carbocycles. The van der Waals surface area contributed by atoms with Crippen LogP contribution in [0.4, 0.5) is 10.5 Å². The Bertz CT molecular complexity index is 1270. The number of nitrogens with one attached hydrogen (secondary N) is 1. The van der Waals surface area contributed by atoms with Crippen molar-refractivity contribution in [2.45, 2.75) is 124 Å². The van der Waals surface area contributed by atoms with Gasteiger partial charge in [0.1, 0.15) is 23.9 Å². The molecule has 1 saturated heterocycles. The maximum absolute atomic E-state index is 12.9. The van der Waals surface area contributed by atoms with Gasteiger partial charge >= 0.3 is 18.0 Å². The normalized spacial score (nSPS) is 31.3. The number of hydrogen-bond donors (Lipinski definition) is 2. The van der Waals surface area contributed by atoms with E-state index in [1.54, 1.807) is 13.0 Å². The van der Waals surface area contributed by atoms with E-state index in [2.05, 4.69) is 25.2 Å². The van der Waals surface area contributed by atoms with Gasteiger partial charge in [0.25, 0.3) is 0 Å². The van der Waals surface area contributed by atoms with Crippen molar-refractivity contribution in [3.05, 3.63) is 66.3 Å². The largest absolute Gasteiger partial charge is 0.457 e. The lowest BCUT2D eigenvalue weighted by Crippen LogP contribution is -2.41. The van der Waals surface area contributed by atoms with E-state index < -0.39 is 29.9 Å². The number of ether oxygens (including phenoxy) is 4. The average Bonchev–Trinajstić information content (AvgIpc) is 3.77. The summed E-state index contributed by atoms with van der Waals surface area (Å²) in [7, 11) is 0. The molecule has 0 aliphatic carbocycles. The van der Waals surface area contributed by atoms with Crippen LogP contribution in [0.3, 0.4) is 0 Å². The summed E-state index contributed by atoms with van der Waals surface area (Å²) < 4.78 is 23.2. The molecule has 2 aliphatic heterocycles. The van der Waals surface area contributed by atoms with Crippen LogP contribution in [0.1, 0.15) is 87.5 Å². The first-order valence-electron chi connectivity index (χ1n) is 17.0. The lowest BCUT2D eigenvalue weighted by Gasteiger charge is -2.32. The molecule has 2 heterocycles. The molecule has 0 bridgehead atoms. The van der Waals surface area contributed by atoms with Crippen LogP contribution < -0.4 is 5.32 Å². The fourth-order valence-corrected chi connectivity index (χ4v) is 6.13. The number of carbonyl (C=O) groups excluding carboxylic acids is 3. The highest BCUT2D eigenvalue weighted by atomic mass is 16.6. The van der Waals surface area contributed by atoms with Crippen molar-refractivity contribution in [2.24, 2.45) is 23.7 Å². The first-order valence-corrected chi connectivity index (χ1v) is 17.0. The van der Waals surface area contributed by atoms with Crippen LogP contribution in [0.25, 0.3) is 0 Å². The van der Waals surface area contributed by atoms with Gasteiger partial charge in [0, 0.05) is 30.9 Å². The van der Waals surface area contributed by atoms with Gasteiger partial charge in [-0.1, -0.05) is 77.1 Å². The number of para-hydroxylation sites is 1. The minimum Gasteiger partial charge on any atom is -0.457 e. The number of cyclic esters (lactones) is 1. The van der Waals surface area contributed by atoms with Crippen molar-refractivity contribution in [1.29, 1.82) is 0 Å². The molecule has 0 spiro atoms. The Morgan fingerprint density at radius 3 is 2.51 bits per heavy atom. The number of allylic oxidation sites excluding steroid dienone is 3. The molecule has 2 N–H and O–H groups in total. The summed E-state index contributed by atoms with van der Waals surface area (Å²) in [6, 6.07) is 9.24. The highest BCUT2D eigenvalue weighted by Gasteiger charge is 2.46. The van der Waals surface area contributed by atoms with E-state index in [1.165, 1.54) is 6.92 Å². The maximum atomic E-state index is 12.9. The topological polar surface area (TPSA) is 124 Å². The van der Waals surface area contributed by atoms with Crippen LogP contribution in [0.5, 0.6) is 0 Å². The van der Waals surface area contributed by atoms with Crippen molar-refractivity contribution in [2.75, 3.05) is 5.32 Å². The number of epoxide rings is 1. The summed E-state index contributed by atoms with van der Waals surface area (Å²) in [5.41, 5.74) is 0.310. The second kappa shape index (κ2) is 17.6. The molecule has 9 heteroatoms. The molecular formula is C38H55NO8. The third kappa shape index (κ3) is 12.3. The number of hydrogen-bond acceptors (Lipinski definition) is 8. The van der Waals surface area contributed by atoms with E-state index in [0.717, 1.165) is 12.0 Å². The van der Waals surface area contributed by atoms with Crippen LogP contribution in [0.15, 0.2) is 66.3 Å². The van der Waals surface area contributed by atoms with Gasteiger partial charge in [-0.25, -0.2) is 4.79 Å². The van der Waals surface area contributed by atoms with E-state index >= 15 is 0 Å². The Kier molecular flexibility index (Phi) is 14.3. The van der Waals surface area contributed by atoms with Crippen LogP contribution >= 0.6 is 0 Å². The molecule has 0 saturated carbocycles. The molecule has 1 amide bonds. The Morgan fingerprint density at radius 1 is 1.15 bits per heavy atom. The van der Waals surface area contributed by atoms with Crippen LogP contribution in [-0.4, -0.2) is 59.3 Å². The second-order valence-corrected chi connectivity index (χ2v) is 13.7. The standard InChI is InChI=1S/C38H55NO8/c1-9-31(46-37(42)39-30-16-11-10-12-17-30)28(6)36-32(45-36)22-24(2)14-13-15-26(4)35-27(5)18-19-33(44-29(7)40)38(8,43)21-20-25(3)23-34(41)47-35/h10-19,24-25,27-28,31-33,35-36,43H,9,20-23H2,1-8H3,(H,39,42)/b14-13+,19-18+,26-15+. The van der Waals surface area contributed by atoms with Crippen molar-refractivity contribution in [1.82, 2.24) is 0 Å². The van der Waals surface area contributed by atoms with E-state index in [-0.39, 0.29) is 54.4 Å². The van der Waals surface area contributed by atoms with Crippen molar-refractivity contribution in [3.63, 3.8) is 0 Å². The van der Waals surface area contributed by atoms with Gasteiger partial charge in [0.15, 0.2) is 0 Å². The van der Waals surface area contributed by atoms with E-state index in [9.17, 15) is 19.5 Å². The summed E-state index contributed by atoms with van der Waals surface area (Å²) in [5, 5.41) is 13.9. The van der Waals surface area contributed by atoms with Crippen molar-refractivity contribution in [3.8, 4) is 0 Å². The Balaban J connectivity index is 1.59. The lowest BCUT2D eigenvalue weighted by atomic mass is 9.87. The first-order chi connectivity index (χ1) is 22.2. The fourth-order valence-electron chi connectivity index (χ4n) is 6.13. The number of rotatable bonds is 11. The third-order valence-corrected chi connectivity index (χ3v) is 9.15. The predicted molar refractivity (Wildman–Crippen MR) is 183 cm³/mol. The summed E-state index contributed by atoms with van der Waals surface area (Å²) in [4.78, 5) is 37.1. The van der Waals surface area contributed by atoms with Gasteiger partial charge in [0.2, 0.25) is 0 Å². The molecule has 3 rings (SSSR count). The Hall–Kier alpha value is -3.43. The number of aliphatic hydroxyl groups is 1. The molecule has 9 nitrogen and oxygen atoms in total. The molecule has 47 heavy (non-hydrogen) atoms. The molecule has 1 aromatic rings. The average molecular weight is 654 g/mol. The van der Waals surface area contributed by atoms with Gasteiger partial charge < -0.3 is 24.1 Å². The maximum Gasteiger partial charge on any atom is 0.411 e. The van der Waals surface area contributed by atoms with Gasteiger partial charge in [-0.2, -0.15) is 0 Å². The van der Waals surface area contributed by atoms with E-state index in [0.29, 0.717) is 24.9 Å². The third-order valence-electron chi connectivity index (χ3n) is 9.15. The molecule has 1 fully saturated rings. The highest BCUT2D eigenvalue weighted by molar-refractivity contribution is 5.84. The summed E-state index contributed by atoms with van der Waals surface area (Å²) in [6.07, 6.45) is 10.4. The van der Waals surface area contributed by atoms with Gasteiger partial charge in [0.05, 0.1) is 12.2 Å². The molecule has 10 atom stereocenters. The molecule has 10 unspecified atom stereocenters. The highest BCUT2D eigenvalue weighted by Crippen LogP contribution is 2.37. The Morgan fingerprint density at radius 2 is 1.85 bits per heavy atom. The van der Waals surface area contributed by atoms with Crippen molar-refractivity contribution >= 4 is 23.7 Å². The minimum atomic E-state index is -1.26. The molecular weight excluding hydrogens is 598 g/mol. The number of amides is 1. The van der Waals surface area contributed by atoms with E-state index in [4.69, 9.17) is 18.9 Å². The van der Waals surface area contributed by atoms with Gasteiger partial charge in [-0.15, -0.1) is 0 Å². The molecule has 0 aromatic heterocycles. The second-order valence-electron chi connectivity index (χ2n) is 13.7. The van der Waals surface area contributed by atoms with E-state index in [1.807, 2.05) is 76.3 Å². The van der Waals surface area contributed by atoms with Crippen LogP contribution in [-0.2, 0) is 28.5 Å². The van der Waals surface area contributed by atoms with Gasteiger partial charge in [-0.05, 0) is 75.1 Å². The molecule has 2 aliphatic rings. The minimum absolute atomic E-state index is 0.00172. The number of esters is 2. The number of anilines is 1. The van der Waals surface area contributed by atoms with Gasteiger partial charge in [-0.3, -0.25) is 14.9 Å². The number of benzene rings is 1. The zero-order valence-corrected chi connectivity index (χ0v) is 29.3.